The van der Waals surface area contributed by atoms with Gasteiger partial charge in [-0.25, -0.2) is 0 Å². The number of aromatic amines is 1. The molecule has 1 amide bonds. The highest BCUT2D eigenvalue weighted by Gasteiger charge is 2.26. The standard InChI is InChI=1S/C18H18N4O2/c23-18(14-6-5-13-7-9-19-16(13)11-14)22-10-2-3-15(12-22)24-17-4-1-8-20-21-17/h1,4-9,11,15,19H,2-3,10,12H2/t15-/m1/s1. The van der Waals surface area contributed by atoms with Gasteiger partial charge in [-0.15, -0.1) is 5.10 Å². The van der Waals surface area contributed by atoms with Crippen molar-refractivity contribution in [3.63, 3.8) is 0 Å². The van der Waals surface area contributed by atoms with Crippen LogP contribution in [0.1, 0.15) is 23.2 Å². The number of rotatable bonds is 3. The molecule has 1 aliphatic heterocycles. The summed E-state index contributed by atoms with van der Waals surface area (Å²) >= 11 is 0. The van der Waals surface area contributed by atoms with Crippen molar-refractivity contribution < 1.29 is 9.53 Å². The van der Waals surface area contributed by atoms with Crippen molar-refractivity contribution >= 4 is 16.8 Å². The fourth-order valence-electron chi connectivity index (χ4n) is 3.10. The normalized spacial score (nSPS) is 17.8. The zero-order chi connectivity index (χ0) is 16.4. The highest BCUT2D eigenvalue weighted by Crippen LogP contribution is 2.20. The average molecular weight is 322 g/mol. The number of carbonyl (C=O) groups is 1. The number of H-pyrrole nitrogens is 1. The van der Waals surface area contributed by atoms with Gasteiger partial charge in [0, 0.05) is 36.1 Å². The number of fused-ring (bicyclic) bond motifs is 1. The molecule has 1 aromatic carbocycles. The summed E-state index contributed by atoms with van der Waals surface area (Å²) in [5.41, 5.74) is 1.68. The summed E-state index contributed by atoms with van der Waals surface area (Å²) in [7, 11) is 0. The SMILES string of the molecule is O=C(c1ccc2cc[nH]c2c1)N1CCC[C@@H](Oc2cccnn2)C1. The number of likely N-dealkylation sites (tertiary alicyclic amines) is 1. The number of nitrogens with one attached hydrogen (secondary N) is 1. The van der Waals surface area contributed by atoms with Gasteiger partial charge in [0.1, 0.15) is 6.10 Å². The number of nitrogens with zero attached hydrogens (tertiary/aromatic N) is 3. The molecule has 6 heteroatoms. The topological polar surface area (TPSA) is 71.1 Å². The molecule has 0 bridgehead atoms. The number of amides is 1. The smallest absolute Gasteiger partial charge is 0.254 e. The van der Waals surface area contributed by atoms with E-state index in [1.807, 2.05) is 35.4 Å². The van der Waals surface area contributed by atoms with E-state index < -0.39 is 0 Å². The zero-order valence-electron chi connectivity index (χ0n) is 13.2. The van der Waals surface area contributed by atoms with Crippen molar-refractivity contribution in [1.82, 2.24) is 20.1 Å². The third kappa shape index (κ3) is 2.95. The van der Waals surface area contributed by atoms with E-state index >= 15 is 0 Å². The first-order valence-electron chi connectivity index (χ1n) is 8.10. The Hall–Kier alpha value is -2.89. The van der Waals surface area contributed by atoms with E-state index in [0.717, 1.165) is 30.3 Å². The fraction of sp³-hybridized carbons (Fsp3) is 0.278. The summed E-state index contributed by atoms with van der Waals surface area (Å²) in [4.78, 5) is 17.8. The molecular formula is C18H18N4O2. The van der Waals surface area contributed by atoms with Gasteiger partial charge in [0.15, 0.2) is 0 Å². The van der Waals surface area contributed by atoms with Crippen LogP contribution < -0.4 is 4.74 Å². The highest BCUT2D eigenvalue weighted by molar-refractivity contribution is 5.98. The second-order valence-corrected chi connectivity index (χ2v) is 5.97. The number of hydrogen-bond acceptors (Lipinski definition) is 4. The van der Waals surface area contributed by atoms with Crippen LogP contribution >= 0.6 is 0 Å². The Balaban J connectivity index is 1.47. The highest BCUT2D eigenvalue weighted by atomic mass is 16.5. The first-order chi connectivity index (χ1) is 11.8. The number of aromatic nitrogens is 3. The minimum Gasteiger partial charge on any atom is -0.471 e. The molecule has 0 saturated carbocycles. The van der Waals surface area contributed by atoms with Crippen LogP contribution in [-0.4, -0.2) is 45.2 Å². The molecule has 122 valence electrons. The maximum atomic E-state index is 12.8. The molecule has 0 radical (unpaired) electrons. The molecule has 1 N–H and O–H groups in total. The molecule has 3 heterocycles. The number of piperidine rings is 1. The number of hydrogen-bond donors (Lipinski definition) is 1. The van der Waals surface area contributed by atoms with Crippen LogP contribution in [0.15, 0.2) is 48.8 Å². The van der Waals surface area contributed by atoms with Crippen LogP contribution in [-0.2, 0) is 0 Å². The van der Waals surface area contributed by atoms with Crippen molar-refractivity contribution in [3.8, 4) is 5.88 Å². The second kappa shape index (κ2) is 6.31. The Morgan fingerprint density at radius 2 is 2.25 bits per heavy atom. The predicted molar refractivity (Wildman–Crippen MR) is 89.9 cm³/mol. The minimum atomic E-state index is -0.0476. The second-order valence-electron chi connectivity index (χ2n) is 5.97. The lowest BCUT2D eigenvalue weighted by Crippen LogP contribution is -2.44. The lowest BCUT2D eigenvalue weighted by atomic mass is 10.1. The first-order valence-corrected chi connectivity index (χ1v) is 8.10. The molecule has 0 unspecified atom stereocenters. The molecule has 0 aliphatic carbocycles. The molecule has 1 aliphatic rings. The quantitative estimate of drug-likeness (QED) is 0.805. The van der Waals surface area contributed by atoms with E-state index in [1.165, 1.54) is 0 Å². The van der Waals surface area contributed by atoms with Crippen LogP contribution in [0.3, 0.4) is 0 Å². The van der Waals surface area contributed by atoms with Gasteiger partial charge in [0.2, 0.25) is 5.88 Å². The molecule has 24 heavy (non-hydrogen) atoms. The summed E-state index contributed by atoms with van der Waals surface area (Å²) in [6.45, 7) is 1.32. The molecule has 1 saturated heterocycles. The largest absolute Gasteiger partial charge is 0.471 e. The molecule has 6 nitrogen and oxygen atoms in total. The lowest BCUT2D eigenvalue weighted by Gasteiger charge is -2.32. The van der Waals surface area contributed by atoms with Crippen molar-refractivity contribution in [2.75, 3.05) is 13.1 Å². The van der Waals surface area contributed by atoms with E-state index in [9.17, 15) is 4.79 Å². The number of benzene rings is 1. The predicted octanol–water partition coefficient (Wildman–Crippen LogP) is 2.64. The van der Waals surface area contributed by atoms with E-state index in [0.29, 0.717) is 18.0 Å². The Bertz CT molecular complexity index is 846. The van der Waals surface area contributed by atoms with E-state index in [1.54, 1.807) is 18.3 Å². The molecular weight excluding hydrogens is 304 g/mol. The molecule has 2 aromatic heterocycles. The summed E-state index contributed by atoms with van der Waals surface area (Å²) in [6, 6.07) is 11.3. The van der Waals surface area contributed by atoms with Crippen molar-refractivity contribution in [2.45, 2.75) is 18.9 Å². The fourth-order valence-corrected chi connectivity index (χ4v) is 3.10. The van der Waals surface area contributed by atoms with Gasteiger partial charge in [-0.05, 0) is 42.5 Å². The zero-order valence-corrected chi connectivity index (χ0v) is 13.2. The maximum Gasteiger partial charge on any atom is 0.254 e. The summed E-state index contributed by atoms with van der Waals surface area (Å²) < 4.78 is 5.86. The van der Waals surface area contributed by atoms with Gasteiger partial charge in [-0.1, -0.05) is 6.07 Å². The van der Waals surface area contributed by atoms with Gasteiger partial charge < -0.3 is 14.6 Å². The Labute approximate surface area is 139 Å². The Morgan fingerprint density at radius 3 is 3.12 bits per heavy atom. The van der Waals surface area contributed by atoms with E-state index in [4.69, 9.17) is 4.74 Å². The molecule has 0 spiro atoms. The molecule has 1 fully saturated rings. The van der Waals surface area contributed by atoms with E-state index in [-0.39, 0.29) is 12.0 Å². The molecule has 1 atom stereocenters. The number of ether oxygens (including phenoxy) is 1. The van der Waals surface area contributed by atoms with Crippen LogP contribution in [0, 0.1) is 0 Å². The van der Waals surface area contributed by atoms with Crippen molar-refractivity contribution in [2.24, 2.45) is 0 Å². The van der Waals surface area contributed by atoms with Gasteiger partial charge in [0.05, 0.1) is 6.54 Å². The first kappa shape index (κ1) is 14.7. The van der Waals surface area contributed by atoms with E-state index in [2.05, 4.69) is 15.2 Å². The van der Waals surface area contributed by atoms with Crippen LogP contribution in [0.4, 0.5) is 0 Å². The average Bonchev–Trinajstić information content (AvgIpc) is 3.10. The summed E-state index contributed by atoms with van der Waals surface area (Å²) in [5, 5.41) is 8.87. The Morgan fingerprint density at radius 1 is 1.29 bits per heavy atom. The van der Waals surface area contributed by atoms with Crippen LogP contribution in [0.2, 0.25) is 0 Å². The van der Waals surface area contributed by atoms with Gasteiger partial charge in [-0.3, -0.25) is 4.79 Å². The molecule has 4 rings (SSSR count). The van der Waals surface area contributed by atoms with Crippen molar-refractivity contribution in [1.29, 1.82) is 0 Å². The molecule has 3 aromatic rings. The minimum absolute atomic E-state index is 0.0407. The third-order valence-corrected chi connectivity index (χ3v) is 4.30. The lowest BCUT2D eigenvalue weighted by molar-refractivity contribution is 0.0525. The van der Waals surface area contributed by atoms with Crippen LogP contribution in [0.25, 0.3) is 10.9 Å². The summed E-state index contributed by atoms with van der Waals surface area (Å²) in [5.74, 6) is 0.545. The Kier molecular flexibility index (Phi) is 3.86. The van der Waals surface area contributed by atoms with Crippen LogP contribution in [0.5, 0.6) is 5.88 Å². The summed E-state index contributed by atoms with van der Waals surface area (Å²) in [6.07, 6.45) is 5.27. The van der Waals surface area contributed by atoms with Gasteiger partial charge in [-0.2, -0.15) is 5.10 Å². The monoisotopic (exact) mass is 322 g/mol. The maximum absolute atomic E-state index is 12.8. The van der Waals surface area contributed by atoms with Gasteiger partial charge in [0.25, 0.3) is 5.91 Å². The third-order valence-electron chi connectivity index (χ3n) is 4.30. The van der Waals surface area contributed by atoms with Gasteiger partial charge >= 0.3 is 0 Å². The van der Waals surface area contributed by atoms with Crippen molar-refractivity contribution in [3.05, 3.63) is 54.4 Å². The number of carbonyl (C=O) groups excluding carboxylic acids is 1.